The normalized spacial score (nSPS) is 18.5. The number of carbonyl (C=O) groups excluding carboxylic acids is 2. The van der Waals surface area contributed by atoms with E-state index in [1.54, 1.807) is 0 Å². The molecule has 2 aliphatic rings. The Labute approximate surface area is 192 Å². The van der Waals surface area contributed by atoms with Crippen molar-refractivity contribution in [3.05, 3.63) is 0 Å². The van der Waals surface area contributed by atoms with Gasteiger partial charge < -0.3 is 17.0 Å². The Morgan fingerprint density at radius 2 is 1.08 bits per heavy atom. The Balaban J connectivity index is 0.00000338. The van der Waals surface area contributed by atoms with Gasteiger partial charge in [-0.15, -0.1) is 0 Å². The predicted molar refractivity (Wildman–Crippen MR) is 97.3 cm³/mol. The topological polar surface area (TPSA) is 40.6 Å². The third-order valence-electron chi connectivity index (χ3n) is 5.56. The molecule has 2 aliphatic carbocycles. The maximum atomic E-state index is 12.9. The smallest absolute Gasteiger partial charge is 1.00 e. The second kappa shape index (κ2) is 13.9. The van der Waals surface area contributed by atoms with E-state index in [0.29, 0.717) is 36.7 Å². The molecule has 0 N–H and O–H groups in total. The van der Waals surface area contributed by atoms with Crippen LogP contribution in [0.3, 0.4) is 0 Å². The summed E-state index contributed by atoms with van der Waals surface area (Å²) in [4.78, 5) is 25.8. The van der Waals surface area contributed by atoms with Crippen molar-refractivity contribution < 1.29 is 64.1 Å². The molecule has 2 fully saturated rings. The molecule has 0 saturated heterocycles. The largest absolute Gasteiger partial charge is 1.00 e. The average Bonchev–Trinajstić information content (AvgIpc) is 2.64. The molecule has 0 heterocycles. The van der Waals surface area contributed by atoms with Gasteiger partial charge in [0, 0.05) is 0 Å². The first-order chi connectivity index (χ1) is 12.2. The van der Waals surface area contributed by atoms with Crippen molar-refractivity contribution >= 4 is 11.8 Å². The van der Waals surface area contributed by atoms with Gasteiger partial charge in [-0.05, 0) is 0 Å². The van der Waals surface area contributed by atoms with E-state index in [0.717, 1.165) is 38.5 Å². The van der Waals surface area contributed by atoms with Crippen molar-refractivity contribution in [2.24, 2.45) is 0 Å². The van der Waals surface area contributed by atoms with Gasteiger partial charge in [0.25, 0.3) is 0 Å². The number of rotatable bonds is 8. The summed E-state index contributed by atoms with van der Waals surface area (Å²) in [5.74, 6) is 0.672. The summed E-state index contributed by atoms with van der Waals surface area (Å²) in [6, 6.07) is 0.855. The van der Waals surface area contributed by atoms with Gasteiger partial charge >= 0.3 is 177 Å². The van der Waals surface area contributed by atoms with Gasteiger partial charge in [-0.1, -0.05) is 0 Å². The fourth-order valence-electron chi connectivity index (χ4n) is 4.15. The molecular weight excluding hydrogens is 524 g/mol. The molecule has 0 radical (unpaired) electrons. The molecule has 0 unspecified atom stereocenters. The molecule has 0 spiro atoms. The van der Waals surface area contributed by atoms with Gasteiger partial charge in [-0.2, -0.15) is 0 Å². The number of amides is 2. The van der Waals surface area contributed by atoms with Crippen molar-refractivity contribution in [3.63, 3.8) is 0 Å². The zero-order chi connectivity index (χ0) is 18.1. The SMILES string of the molecule is CCCC(=O)[N]([Nd+][N](C(=O)CCC)C1CCCCC1)C1CCCCC1.[Br-]. The molecule has 2 saturated carbocycles. The van der Waals surface area contributed by atoms with Crippen LogP contribution in [-0.2, 0) is 9.59 Å². The summed E-state index contributed by atoms with van der Waals surface area (Å²) in [6.07, 6.45) is 15.4. The number of carbonyl (C=O) groups is 2. The van der Waals surface area contributed by atoms with Gasteiger partial charge in [0.05, 0.1) is 0 Å². The van der Waals surface area contributed by atoms with Crippen molar-refractivity contribution in [1.29, 1.82) is 0 Å². The van der Waals surface area contributed by atoms with Gasteiger partial charge in [0.1, 0.15) is 0 Å². The van der Waals surface area contributed by atoms with Crippen LogP contribution in [0.4, 0.5) is 0 Å². The van der Waals surface area contributed by atoms with Crippen LogP contribution in [-0.4, -0.2) is 25.9 Å². The molecule has 149 valence electrons. The minimum atomic E-state index is -1.64. The van der Waals surface area contributed by atoms with Crippen LogP contribution >= 0.6 is 0 Å². The van der Waals surface area contributed by atoms with Gasteiger partial charge in [0.15, 0.2) is 0 Å². The number of halogens is 1. The van der Waals surface area contributed by atoms with E-state index in [2.05, 4.69) is 15.8 Å². The van der Waals surface area contributed by atoms with Crippen LogP contribution in [0, 0.1) is 37.5 Å². The Kier molecular flexibility index (Phi) is 13.2. The van der Waals surface area contributed by atoms with E-state index in [9.17, 15) is 9.59 Å². The van der Waals surface area contributed by atoms with Gasteiger partial charge in [-0.3, -0.25) is 0 Å². The van der Waals surface area contributed by atoms with Gasteiger partial charge in [0.2, 0.25) is 0 Å². The van der Waals surface area contributed by atoms with Crippen LogP contribution in [0.25, 0.3) is 0 Å². The molecule has 0 bridgehead atoms. The summed E-state index contributed by atoms with van der Waals surface area (Å²) in [5.41, 5.74) is 0. The number of hydrogen-bond acceptors (Lipinski definition) is 2. The minimum Gasteiger partial charge on any atom is -1.00 e. The average molecular weight is 561 g/mol. The van der Waals surface area contributed by atoms with E-state index in [1.165, 1.54) is 38.5 Å². The zero-order valence-electron chi connectivity index (χ0n) is 16.6. The second-order valence-corrected chi connectivity index (χ2v) is 11.4. The zero-order valence-corrected chi connectivity index (χ0v) is 21.4. The molecule has 0 aromatic heterocycles. The molecule has 4 nitrogen and oxygen atoms in total. The summed E-state index contributed by atoms with van der Waals surface area (Å²) in [6.45, 7) is 4.18. The third kappa shape index (κ3) is 7.65. The van der Waals surface area contributed by atoms with E-state index < -0.39 is 37.5 Å². The molecule has 26 heavy (non-hydrogen) atoms. The van der Waals surface area contributed by atoms with Crippen molar-refractivity contribution in [1.82, 2.24) is 1.97 Å². The first-order valence-electron chi connectivity index (χ1n) is 10.6. The quantitative estimate of drug-likeness (QED) is 0.455. The second-order valence-electron chi connectivity index (χ2n) is 7.71. The molecular formula is C20H36BrN2NdO2. The van der Waals surface area contributed by atoms with E-state index in [-0.39, 0.29) is 17.0 Å². The predicted octanol–water partition coefficient (Wildman–Crippen LogP) is 1.83. The molecule has 0 aromatic carbocycles. The minimum absolute atomic E-state index is 0. The van der Waals surface area contributed by atoms with Crippen LogP contribution in [0.15, 0.2) is 0 Å². The summed E-state index contributed by atoms with van der Waals surface area (Å²) >= 11 is -1.64. The standard InChI is InChI=1S/2C10H19NO.BrH.Nd/c2*1-2-6-10(12)11-9-7-4-3-5-8-9;;/h2*9H,2-8H2,1H3,(H,11,12);1H;/q;;;+3/p-3. The fourth-order valence-corrected chi connectivity index (χ4v) is 9.03. The Bertz CT molecular complexity index is 386. The molecule has 0 atom stereocenters. The van der Waals surface area contributed by atoms with Crippen LogP contribution in [0.2, 0.25) is 0 Å². The Morgan fingerprint density at radius 1 is 0.731 bits per heavy atom. The summed E-state index contributed by atoms with van der Waals surface area (Å²) in [7, 11) is 0. The maximum absolute atomic E-state index is 12.9. The summed E-state index contributed by atoms with van der Waals surface area (Å²) in [5, 5.41) is 0. The first kappa shape index (κ1) is 24.8. The van der Waals surface area contributed by atoms with Crippen LogP contribution < -0.4 is 17.0 Å². The maximum Gasteiger partial charge on any atom is -1.00 e. The Hall–Kier alpha value is 0.771. The number of nitrogens with zero attached hydrogens (tertiary/aromatic N) is 2. The molecule has 2 amide bonds. The first-order valence-corrected chi connectivity index (χ1v) is 13.4. The van der Waals surface area contributed by atoms with Crippen LogP contribution in [0.1, 0.15) is 104 Å². The van der Waals surface area contributed by atoms with E-state index >= 15 is 0 Å². The fraction of sp³-hybridized carbons (Fsp3) is 0.900. The van der Waals surface area contributed by atoms with Crippen LogP contribution in [0.5, 0.6) is 0 Å². The van der Waals surface area contributed by atoms with Crippen molar-refractivity contribution in [3.8, 4) is 0 Å². The molecule has 2 rings (SSSR count). The Morgan fingerprint density at radius 3 is 1.38 bits per heavy atom. The van der Waals surface area contributed by atoms with E-state index in [1.807, 2.05) is 0 Å². The third-order valence-corrected chi connectivity index (χ3v) is 10.9. The summed E-state index contributed by atoms with van der Waals surface area (Å²) < 4.78 is 4.54. The van der Waals surface area contributed by atoms with Gasteiger partial charge in [-0.25, -0.2) is 0 Å². The van der Waals surface area contributed by atoms with Crippen molar-refractivity contribution in [2.45, 2.75) is 116 Å². The van der Waals surface area contributed by atoms with E-state index in [4.69, 9.17) is 0 Å². The number of hydrogen-bond donors (Lipinski definition) is 0. The molecule has 0 aromatic rings. The monoisotopic (exact) mass is 557 g/mol. The molecule has 6 heteroatoms. The van der Waals surface area contributed by atoms with Crippen molar-refractivity contribution in [2.75, 3.05) is 0 Å². The molecule has 0 aliphatic heterocycles.